The predicted molar refractivity (Wildman–Crippen MR) is 107 cm³/mol. The monoisotopic (exact) mass is 371 g/mol. The van der Waals surface area contributed by atoms with E-state index in [2.05, 4.69) is 24.5 Å². The van der Waals surface area contributed by atoms with Crippen molar-refractivity contribution < 1.29 is 9.72 Å². The number of carbonyl (C=O) groups excluding carboxylic acids is 1. The Kier molecular flexibility index (Phi) is 6.41. The van der Waals surface area contributed by atoms with E-state index in [9.17, 15) is 14.9 Å². The molecule has 2 N–H and O–H groups in total. The van der Waals surface area contributed by atoms with Crippen molar-refractivity contribution in [3.63, 3.8) is 0 Å². The smallest absolute Gasteiger partial charge is 0.273 e. The number of rotatable bonds is 5. The first-order chi connectivity index (χ1) is 12.3. The van der Waals surface area contributed by atoms with E-state index < -0.39 is 10.8 Å². The van der Waals surface area contributed by atoms with Crippen LogP contribution in [0.3, 0.4) is 0 Å². The normalized spacial score (nSPS) is 11.5. The number of hydrogen-bond donors (Lipinski definition) is 2. The van der Waals surface area contributed by atoms with Gasteiger partial charge in [-0.05, 0) is 55.2 Å². The van der Waals surface area contributed by atoms with Crippen molar-refractivity contribution in [2.24, 2.45) is 0 Å². The van der Waals surface area contributed by atoms with Crippen LogP contribution in [0, 0.1) is 17.0 Å². The minimum absolute atomic E-state index is 0.0999. The molecule has 0 aromatic heterocycles. The van der Waals surface area contributed by atoms with Gasteiger partial charge >= 0.3 is 0 Å². The third-order valence-corrected chi connectivity index (χ3v) is 4.45. The second kappa shape index (κ2) is 8.53. The lowest BCUT2D eigenvalue weighted by Gasteiger charge is -2.12. The summed E-state index contributed by atoms with van der Waals surface area (Å²) < 4.78 is 0. The lowest BCUT2D eigenvalue weighted by molar-refractivity contribution is -0.385. The second-order valence-corrected chi connectivity index (χ2v) is 6.51. The van der Waals surface area contributed by atoms with Gasteiger partial charge in [-0.25, -0.2) is 0 Å². The Morgan fingerprint density at radius 1 is 1.23 bits per heavy atom. The first-order valence-electron chi connectivity index (χ1n) is 8.29. The summed E-state index contributed by atoms with van der Waals surface area (Å²) >= 11 is 5.15. The maximum Gasteiger partial charge on any atom is 0.273 e. The topological polar surface area (TPSA) is 84.3 Å². The fourth-order valence-electron chi connectivity index (χ4n) is 2.42. The zero-order valence-electron chi connectivity index (χ0n) is 14.9. The van der Waals surface area contributed by atoms with Crippen molar-refractivity contribution in [3.05, 3.63) is 69.3 Å². The minimum Gasteiger partial charge on any atom is -0.332 e. The summed E-state index contributed by atoms with van der Waals surface area (Å²) in [7, 11) is 0. The van der Waals surface area contributed by atoms with Crippen molar-refractivity contribution in [2.75, 3.05) is 5.32 Å². The number of anilines is 1. The summed E-state index contributed by atoms with van der Waals surface area (Å²) in [5.74, 6) is -0.0187. The molecule has 1 atom stereocenters. The number of benzene rings is 2. The second-order valence-electron chi connectivity index (χ2n) is 6.10. The Balaban J connectivity index is 2.02. The van der Waals surface area contributed by atoms with Gasteiger partial charge in [0.05, 0.1) is 4.92 Å². The molecule has 0 bridgehead atoms. The van der Waals surface area contributed by atoms with Crippen LogP contribution in [-0.4, -0.2) is 15.9 Å². The number of thiocarbonyl (C=S) groups is 1. The number of nitro groups is 1. The van der Waals surface area contributed by atoms with Crippen LogP contribution in [0.15, 0.2) is 42.5 Å². The van der Waals surface area contributed by atoms with Crippen LogP contribution in [0.2, 0.25) is 0 Å². The molecule has 0 unspecified atom stereocenters. The Morgan fingerprint density at radius 3 is 2.46 bits per heavy atom. The van der Waals surface area contributed by atoms with Gasteiger partial charge in [0.15, 0.2) is 5.11 Å². The molecule has 0 saturated carbocycles. The SMILES string of the molecule is CC[C@@H](C)c1ccc(NC(=S)NC(=O)c2ccc(C)c([N+](=O)[O-])c2)cc1. The number of nitrogens with one attached hydrogen (secondary N) is 2. The molecule has 0 aliphatic heterocycles. The number of carbonyl (C=O) groups is 1. The predicted octanol–water partition coefficient (Wildman–Crippen LogP) is 4.54. The van der Waals surface area contributed by atoms with Crippen LogP contribution in [0.1, 0.15) is 47.7 Å². The molecule has 0 aliphatic carbocycles. The van der Waals surface area contributed by atoms with Gasteiger partial charge in [-0.15, -0.1) is 0 Å². The maximum atomic E-state index is 12.3. The van der Waals surface area contributed by atoms with Crippen LogP contribution < -0.4 is 10.6 Å². The summed E-state index contributed by atoms with van der Waals surface area (Å²) in [6.45, 7) is 5.92. The molecule has 136 valence electrons. The quantitative estimate of drug-likeness (QED) is 0.458. The molecule has 0 fully saturated rings. The molecule has 26 heavy (non-hydrogen) atoms. The average Bonchev–Trinajstić information content (AvgIpc) is 2.61. The number of nitro benzene ring substituents is 1. The summed E-state index contributed by atoms with van der Waals surface area (Å²) in [6, 6.07) is 12.1. The third-order valence-electron chi connectivity index (χ3n) is 4.25. The van der Waals surface area contributed by atoms with E-state index in [-0.39, 0.29) is 16.4 Å². The zero-order chi connectivity index (χ0) is 19.3. The fraction of sp³-hybridized carbons (Fsp3) is 0.263. The minimum atomic E-state index is -0.512. The molecule has 0 radical (unpaired) electrons. The van der Waals surface area contributed by atoms with E-state index in [0.29, 0.717) is 11.5 Å². The van der Waals surface area contributed by atoms with E-state index >= 15 is 0 Å². The van der Waals surface area contributed by atoms with E-state index in [4.69, 9.17) is 12.2 Å². The summed E-state index contributed by atoms with van der Waals surface area (Å²) in [6.07, 6.45) is 1.06. The van der Waals surface area contributed by atoms with E-state index in [1.807, 2.05) is 24.3 Å². The molecule has 7 heteroatoms. The Bertz CT molecular complexity index is 834. The molecule has 2 aromatic rings. The Hall–Kier alpha value is -2.80. The molecule has 0 saturated heterocycles. The van der Waals surface area contributed by atoms with Gasteiger partial charge in [0.1, 0.15) is 0 Å². The van der Waals surface area contributed by atoms with Gasteiger partial charge in [0.25, 0.3) is 11.6 Å². The zero-order valence-corrected chi connectivity index (χ0v) is 15.7. The molecule has 0 spiro atoms. The highest BCUT2D eigenvalue weighted by Gasteiger charge is 2.15. The van der Waals surface area contributed by atoms with Gasteiger partial charge in [-0.2, -0.15) is 0 Å². The molecular weight excluding hydrogens is 350 g/mol. The van der Waals surface area contributed by atoms with Crippen molar-refractivity contribution >= 4 is 34.6 Å². The molecule has 6 nitrogen and oxygen atoms in total. The first-order valence-corrected chi connectivity index (χ1v) is 8.70. The van der Waals surface area contributed by atoms with Gasteiger partial charge < -0.3 is 5.32 Å². The van der Waals surface area contributed by atoms with E-state index in [0.717, 1.165) is 12.1 Å². The average molecular weight is 371 g/mol. The Morgan fingerprint density at radius 2 is 1.88 bits per heavy atom. The Labute approximate surface area is 157 Å². The van der Waals surface area contributed by atoms with Crippen molar-refractivity contribution in [1.82, 2.24) is 5.32 Å². The number of aryl methyl sites for hydroxylation is 1. The highest BCUT2D eigenvalue weighted by Crippen LogP contribution is 2.21. The first kappa shape index (κ1) is 19.5. The van der Waals surface area contributed by atoms with Crippen LogP contribution in [0.25, 0.3) is 0 Å². The summed E-state index contributed by atoms with van der Waals surface area (Å²) in [4.78, 5) is 22.7. The molecule has 0 heterocycles. The highest BCUT2D eigenvalue weighted by atomic mass is 32.1. The lowest BCUT2D eigenvalue weighted by atomic mass is 9.99. The van der Waals surface area contributed by atoms with Crippen LogP contribution >= 0.6 is 12.2 Å². The third kappa shape index (κ3) is 4.86. The molecule has 2 rings (SSSR count). The van der Waals surface area contributed by atoms with Crippen molar-refractivity contribution in [3.8, 4) is 0 Å². The van der Waals surface area contributed by atoms with Gasteiger partial charge in [-0.3, -0.25) is 20.2 Å². The lowest BCUT2D eigenvalue weighted by Crippen LogP contribution is -2.34. The van der Waals surface area contributed by atoms with Gasteiger partial charge in [-0.1, -0.05) is 32.0 Å². The van der Waals surface area contributed by atoms with Crippen LogP contribution in [-0.2, 0) is 0 Å². The summed E-state index contributed by atoms with van der Waals surface area (Å²) in [5, 5.41) is 16.6. The number of hydrogen-bond acceptors (Lipinski definition) is 4. The van der Waals surface area contributed by atoms with Crippen LogP contribution in [0.4, 0.5) is 11.4 Å². The van der Waals surface area contributed by atoms with Crippen molar-refractivity contribution in [2.45, 2.75) is 33.1 Å². The molecule has 1 amide bonds. The van der Waals surface area contributed by atoms with Crippen molar-refractivity contribution in [1.29, 1.82) is 0 Å². The fourth-order valence-corrected chi connectivity index (χ4v) is 2.63. The van der Waals surface area contributed by atoms with E-state index in [1.54, 1.807) is 6.92 Å². The van der Waals surface area contributed by atoms with Gasteiger partial charge in [0, 0.05) is 22.9 Å². The largest absolute Gasteiger partial charge is 0.332 e. The molecule has 0 aliphatic rings. The van der Waals surface area contributed by atoms with E-state index in [1.165, 1.54) is 23.8 Å². The van der Waals surface area contributed by atoms with Gasteiger partial charge in [0.2, 0.25) is 0 Å². The highest BCUT2D eigenvalue weighted by molar-refractivity contribution is 7.80. The number of amides is 1. The standard InChI is InChI=1S/C19H21N3O3S/c1-4-12(2)14-7-9-16(10-8-14)20-19(26)21-18(23)15-6-5-13(3)17(11-15)22(24)25/h5-12H,4H2,1-3H3,(H2,20,21,23,26)/t12-/m1/s1. The maximum absolute atomic E-state index is 12.3. The number of nitrogens with zero attached hydrogens (tertiary/aromatic N) is 1. The van der Waals surface area contributed by atoms with Crippen LogP contribution in [0.5, 0.6) is 0 Å². The molecular formula is C19H21N3O3S. The summed E-state index contributed by atoms with van der Waals surface area (Å²) in [5.41, 5.74) is 2.57. The molecule has 2 aromatic carbocycles.